The molecule has 0 spiro atoms. The van der Waals surface area contributed by atoms with Gasteiger partial charge in [0.1, 0.15) is 0 Å². The fourth-order valence-electron chi connectivity index (χ4n) is 1.65. The molecule has 0 radical (unpaired) electrons. The van der Waals surface area contributed by atoms with Crippen LogP contribution in [0.4, 0.5) is 10.6 Å². The smallest absolute Gasteiger partial charge is 0.324 e. The summed E-state index contributed by atoms with van der Waals surface area (Å²) in [5.74, 6) is 0.604. The van der Waals surface area contributed by atoms with Crippen LogP contribution in [0.1, 0.15) is 26.3 Å². The first-order chi connectivity index (χ1) is 9.12. The normalized spacial score (nSPS) is 11.2. The number of pyridine rings is 1. The highest BCUT2D eigenvalue weighted by Gasteiger charge is 2.10. The zero-order chi connectivity index (χ0) is 14.3. The summed E-state index contributed by atoms with van der Waals surface area (Å²) >= 11 is 0. The summed E-state index contributed by atoms with van der Waals surface area (Å²) in [6, 6.07) is 3.54. The van der Waals surface area contributed by atoms with Crippen LogP contribution in [-0.4, -0.2) is 35.0 Å². The number of carbonyl (C=O) groups excluding carboxylic acids is 1. The van der Waals surface area contributed by atoms with Gasteiger partial charge in [0.2, 0.25) is 5.96 Å². The molecule has 1 rings (SSSR count). The maximum Gasteiger partial charge on any atom is 0.324 e. The van der Waals surface area contributed by atoms with E-state index in [1.54, 1.807) is 11.1 Å². The van der Waals surface area contributed by atoms with Gasteiger partial charge in [0.05, 0.1) is 0 Å². The molecule has 1 aromatic rings. The number of guanidine groups is 1. The lowest BCUT2D eigenvalue weighted by Crippen LogP contribution is -2.45. The number of aromatic nitrogens is 1. The number of hydrogen-bond donors (Lipinski definition) is 2. The predicted molar refractivity (Wildman–Crippen MR) is 76.4 cm³/mol. The molecule has 19 heavy (non-hydrogen) atoms. The maximum absolute atomic E-state index is 11.8. The van der Waals surface area contributed by atoms with Crippen molar-refractivity contribution in [1.29, 1.82) is 0 Å². The second-order valence-electron chi connectivity index (χ2n) is 3.94. The van der Waals surface area contributed by atoms with Crippen LogP contribution in [0.5, 0.6) is 0 Å². The lowest BCUT2D eigenvalue weighted by molar-refractivity contribution is 0.208. The molecule has 1 heterocycles. The molecule has 0 aliphatic heterocycles. The van der Waals surface area contributed by atoms with Gasteiger partial charge < -0.3 is 10.6 Å². The summed E-state index contributed by atoms with van der Waals surface area (Å²) < 4.78 is 0. The van der Waals surface area contributed by atoms with E-state index in [0.29, 0.717) is 18.9 Å². The van der Waals surface area contributed by atoms with Gasteiger partial charge in [-0.25, -0.2) is 9.78 Å². The summed E-state index contributed by atoms with van der Waals surface area (Å²) in [7, 11) is 0. The van der Waals surface area contributed by atoms with Gasteiger partial charge >= 0.3 is 6.03 Å². The van der Waals surface area contributed by atoms with Crippen molar-refractivity contribution in [1.82, 2.24) is 15.2 Å². The lowest BCUT2D eigenvalue weighted by atomic mass is 10.2. The molecule has 104 valence electrons. The minimum absolute atomic E-state index is 0.0605. The van der Waals surface area contributed by atoms with Crippen LogP contribution in [0.15, 0.2) is 23.3 Å². The Hall–Kier alpha value is -2.11. The SMILES string of the molecule is CCc1cccnc1/N=C(\N)NC(=O)N(CC)CC. The number of aliphatic imine (C=N–C) groups is 1. The Balaban J connectivity index is 2.79. The zero-order valence-electron chi connectivity index (χ0n) is 11.7. The van der Waals surface area contributed by atoms with E-state index in [0.717, 1.165) is 12.0 Å². The molecule has 0 unspecified atom stereocenters. The number of aryl methyl sites for hydroxylation is 1. The molecule has 0 aliphatic carbocycles. The monoisotopic (exact) mass is 263 g/mol. The summed E-state index contributed by atoms with van der Waals surface area (Å²) in [4.78, 5) is 21.7. The molecule has 0 aromatic carbocycles. The van der Waals surface area contributed by atoms with Gasteiger partial charge in [-0.2, -0.15) is 4.99 Å². The third kappa shape index (κ3) is 4.24. The molecule has 2 amide bonds. The molecule has 0 saturated carbocycles. The average molecular weight is 263 g/mol. The first-order valence-corrected chi connectivity index (χ1v) is 6.46. The van der Waals surface area contributed by atoms with Gasteiger partial charge in [-0.1, -0.05) is 13.0 Å². The van der Waals surface area contributed by atoms with Gasteiger partial charge in [-0.3, -0.25) is 5.32 Å². The maximum atomic E-state index is 11.8. The van der Waals surface area contributed by atoms with Crippen molar-refractivity contribution < 1.29 is 4.79 Å². The van der Waals surface area contributed by atoms with Crippen molar-refractivity contribution >= 4 is 17.8 Å². The highest BCUT2D eigenvalue weighted by atomic mass is 16.2. The minimum Gasteiger partial charge on any atom is -0.369 e. The van der Waals surface area contributed by atoms with Crippen molar-refractivity contribution in [2.75, 3.05) is 13.1 Å². The van der Waals surface area contributed by atoms with E-state index in [4.69, 9.17) is 5.73 Å². The minimum atomic E-state index is -0.250. The highest BCUT2D eigenvalue weighted by molar-refractivity contribution is 5.96. The number of amides is 2. The van der Waals surface area contributed by atoms with Crippen LogP contribution >= 0.6 is 0 Å². The molecule has 0 saturated heterocycles. The quantitative estimate of drug-likeness (QED) is 0.640. The Kier molecular flexibility index (Phi) is 5.78. The van der Waals surface area contributed by atoms with Gasteiger partial charge in [0, 0.05) is 19.3 Å². The zero-order valence-corrected chi connectivity index (χ0v) is 11.7. The molecule has 0 atom stereocenters. The van der Waals surface area contributed by atoms with Crippen LogP contribution in [-0.2, 0) is 6.42 Å². The number of rotatable bonds is 4. The number of carbonyl (C=O) groups is 1. The van der Waals surface area contributed by atoms with Crippen molar-refractivity contribution in [2.45, 2.75) is 27.2 Å². The standard InChI is InChI=1S/C13H21N5O/c1-4-10-8-7-9-15-11(10)16-12(14)17-13(19)18(5-2)6-3/h7-9H,4-6H2,1-3H3,(H3,14,15,16,17,19). The van der Waals surface area contributed by atoms with E-state index in [1.807, 2.05) is 32.9 Å². The van der Waals surface area contributed by atoms with Gasteiger partial charge in [-0.15, -0.1) is 0 Å². The molecule has 6 heteroatoms. The number of nitrogens with two attached hydrogens (primary N) is 1. The first-order valence-electron chi connectivity index (χ1n) is 6.46. The molecule has 0 fully saturated rings. The first kappa shape index (κ1) is 14.9. The molecule has 0 aliphatic rings. The second-order valence-corrected chi connectivity index (χ2v) is 3.94. The summed E-state index contributed by atoms with van der Waals surface area (Å²) in [5, 5.41) is 2.56. The van der Waals surface area contributed by atoms with E-state index in [1.165, 1.54) is 0 Å². The average Bonchev–Trinajstić information content (AvgIpc) is 2.40. The third-order valence-electron chi connectivity index (χ3n) is 2.76. The van der Waals surface area contributed by atoms with E-state index in [2.05, 4.69) is 15.3 Å². The fourth-order valence-corrected chi connectivity index (χ4v) is 1.65. The van der Waals surface area contributed by atoms with E-state index >= 15 is 0 Å². The van der Waals surface area contributed by atoms with Crippen molar-refractivity contribution in [3.63, 3.8) is 0 Å². The van der Waals surface area contributed by atoms with Crippen molar-refractivity contribution in [3.05, 3.63) is 23.9 Å². The molecular formula is C13H21N5O. The van der Waals surface area contributed by atoms with Crippen molar-refractivity contribution in [2.24, 2.45) is 10.7 Å². The molecule has 3 N–H and O–H groups in total. The summed E-state index contributed by atoms with van der Waals surface area (Å²) in [6.07, 6.45) is 2.46. The van der Waals surface area contributed by atoms with Crippen LogP contribution in [0, 0.1) is 0 Å². The van der Waals surface area contributed by atoms with Crippen LogP contribution < -0.4 is 11.1 Å². The van der Waals surface area contributed by atoms with Crippen molar-refractivity contribution in [3.8, 4) is 0 Å². The van der Waals surface area contributed by atoms with Gasteiger partial charge in [-0.05, 0) is 31.9 Å². The topological polar surface area (TPSA) is 83.6 Å². The molecule has 1 aromatic heterocycles. The van der Waals surface area contributed by atoms with E-state index in [9.17, 15) is 4.79 Å². The second kappa shape index (κ2) is 7.35. The molecule has 0 bridgehead atoms. The Morgan fingerprint density at radius 2 is 2.11 bits per heavy atom. The Labute approximate surface area is 113 Å². The number of hydrogen-bond acceptors (Lipinski definition) is 3. The van der Waals surface area contributed by atoms with Crippen LogP contribution in [0.2, 0.25) is 0 Å². The third-order valence-corrected chi connectivity index (χ3v) is 2.76. The summed E-state index contributed by atoms with van der Waals surface area (Å²) in [5.41, 5.74) is 6.72. The fraction of sp³-hybridized carbons (Fsp3) is 0.462. The molecule has 6 nitrogen and oxygen atoms in total. The predicted octanol–water partition coefficient (Wildman–Crippen LogP) is 1.64. The number of nitrogens with zero attached hydrogens (tertiary/aromatic N) is 3. The largest absolute Gasteiger partial charge is 0.369 e. The van der Waals surface area contributed by atoms with Gasteiger partial charge in [0.15, 0.2) is 5.82 Å². The highest BCUT2D eigenvalue weighted by Crippen LogP contribution is 2.14. The Morgan fingerprint density at radius 3 is 2.68 bits per heavy atom. The summed E-state index contributed by atoms with van der Waals surface area (Å²) in [6.45, 7) is 7.08. The lowest BCUT2D eigenvalue weighted by Gasteiger charge is -2.18. The van der Waals surface area contributed by atoms with E-state index in [-0.39, 0.29) is 12.0 Å². The molecular weight excluding hydrogens is 242 g/mol. The number of urea groups is 1. The number of nitrogens with one attached hydrogen (secondary N) is 1. The van der Waals surface area contributed by atoms with Gasteiger partial charge in [0.25, 0.3) is 0 Å². The van der Waals surface area contributed by atoms with E-state index < -0.39 is 0 Å². The van der Waals surface area contributed by atoms with Crippen LogP contribution in [0.25, 0.3) is 0 Å². The Bertz CT molecular complexity index is 454. The van der Waals surface area contributed by atoms with Crippen LogP contribution in [0.3, 0.4) is 0 Å². The Morgan fingerprint density at radius 1 is 1.42 bits per heavy atom.